The maximum Gasteiger partial charge on any atom is 0.495 e. The van der Waals surface area contributed by atoms with E-state index in [1.54, 1.807) is 12.3 Å². The molecule has 0 radical (unpaired) electrons. The van der Waals surface area contributed by atoms with Gasteiger partial charge in [-0.2, -0.15) is 0 Å². The number of pyridine rings is 1. The van der Waals surface area contributed by atoms with Gasteiger partial charge in [0.25, 0.3) is 0 Å². The Balaban J connectivity index is 1.36. The van der Waals surface area contributed by atoms with E-state index < -0.39 is 24.3 Å². The van der Waals surface area contributed by atoms with E-state index >= 15 is 0 Å². The molecular formula is C24H28BFN2O4. The van der Waals surface area contributed by atoms with E-state index in [0.717, 1.165) is 29.4 Å². The molecule has 1 saturated carbocycles. The van der Waals surface area contributed by atoms with Crippen molar-refractivity contribution in [3.63, 3.8) is 0 Å². The second-order valence-electron chi connectivity index (χ2n) is 10.1. The zero-order chi connectivity index (χ0) is 22.8. The number of nitrogens with zero attached hydrogens (tertiary/aromatic N) is 1. The molecule has 0 spiro atoms. The maximum absolute atomic E-state index is 14.9. The number of carbonyl (C=O) groups is 1. The smallest absolute Gasteiger partial charge is 0.481 e. The Kier molecular flexibility index (Phi) is 4.87. The number of nitrogens with one attached hydrogen (secondary N) is 1. The number of fused-ring (bicyclic) bond motifs is 1. The first-order valence-electron chi connectivity index (χ1n) is 11.2. The topological polar surface area (TPSA) is 80.7 Å². The third-order valence-corrected chi connectivity index (χ3v) is 7.52. The quantitative estimate of drug-likeness (QED) is 0.692. The summed E-state index contributed by atoms with van der Waals surface area (Å²) in [5, 5.41) is 12.5. The fourth-order valence-electron chi connectivity index (χ4n) is 4.80. The Bertz CT molecular complexity index is 1060. The van der Waals surface area contributed by atoms with Crippen LogP contribution < -0.4 is 10.8 Å². The van der Waals surface area contributed by atoms with Crippen molar-refractivity contribution >= 4 is 24.4 Å². The highest BCUT2D eigenvalue weighted by Gasteiger charge is 2.52. The summed E-state index contributed by atoms with van der Waals surface area (Å²) in [4.78, 5) is 15.6. The van der Waals surface area contributed by atoms with Crippen molar-refractivity contribution in [3.8, 4) is 0 Å². The van der Waals surface area contributed by atoms with Crippen LogP contribution in [0.5, 0.6) is 0 Å². The van der Waals surface area contributed by atoms with Crippen molar-refractivity contribution in [3.05, 3.63) is 53.0 Å². The molecule has 0 bridgehead atoms. The maximum atomic E-state index is 14.9. The van der Waals surface area contributed by atoms with Crippen molar-refractivity contribution in [2.75, 3.05) is 5.32 Å². The van der Waals surface area contributed by atoms with Crippen LogP contribution in [0.15, 0.2) is 30.5 Å². The van der Waals surface area contributed by atoms with E-state index in [2.05, 4.69) is 10.3 Å². The van der Waals surface area contributed by atoms with Gasteiger partial charge in [-0.25, -0.2) is 9.37 Å². The number of halogens is 1. The molecule has 168 valence electrons. The van der Waals surface area contributed by atoms with Gasteiger partial charge < -0.3 is 19.7 Å². The highest BCUT2D eigenvalue weighted by atomic mass is 19.1. The average Bonchev–Trinajstić information content (AvgIpc) is 3.36. The van der Waals surface area contributed by atoms with Crippen LogP contribution in [0.3, 0.4) is 0 Å². The summed E-state index contributed by atoms with van der Waals surface area (Å²) in [7, 11) is -0.522. The fraction of sp³-hybridized carbons (Fsp3) is 0.500. The highest BCUT2D eigenvalue weighted by Crippen LogP contribution is 2.47. The van der Waals surface area contributed by atoms with Crippen LogP contribution in [0.1, 0.15) is 69.2 Å². The van der Waals surface area contributed by atoms with E-state index in [4.69, 9.17) is 14.4 Å². The summed E-state index contributed by atoms with van der Waals surface area (Å²) in [6, 6.07) is 6.84. The SMILES string of the molecule is CC1(C)OB(c2ccc(F)c3c2CC[C@H]3Nc2ccc([C@H]3C[C@@H]3C(=O)O)cn2)OC1(C)C. The van der Waals surface area contributed by atoms with Gasteiger partial charge in [0.1, 0.15) is 11.6 Å². The molecule has 1 aromatic heterocycles. The molecule has 5 rings (SSSR count). The van der Waals surface area contributed by atoms with Crippen LogP contribution >= 0.6 is 0 Å². The Morgan fingerprint density at radius 3 is 2.50 bits per heavy atom. The molecule has 0 unspecified atom stereocenters. The van der Waals surface area contributed by atoms with Gasteiger partial charge in [0.05, 0.1) is 23.2 Å². The van der Waals surface area contributed by atoms with Gasteiger partial charge in [-0.15, -0.1) is 0 Å². The van der Waals surface area contributed by atoms with E-state index in [9.17, 15) is 9.18 Å². The molecule has 2 heterocycles. The van der Waals surface area contributed by atoms with Crippen molar-refractivity contribution in [2.45, 2.75) is 70.1 Å². The molecule has 2 fully saturated rings. The van der Waals surface area contributed by atoms with Gasteiger partial charge in [0.2, 0.25) is 0 Å². The number of aromatic nitrogens is 1. The van der Waals surface area contributed by atoms with Crippen LogP contribution in [-0.2, 0) is 20.5 Å². The third-order valence-electron chi connectivity index (χ3n) is 7.52. The number of rotatable bonds is 5. The van der Waals surface area contributed by atoms with Gasteiger partial charge in [0, 0.05) is 11.8 Å². The number of hydrogen-bond donors (Lipinski definition) is 2. The molecule has 1 aliphatic heterocycles. The van der Waals surface area contributed by atoms with Crippen molar-refractivity contribution in [1.82, 2.24) is 4.98 Å². The highest BCUT2D eigenvalue weighted by molar-refractivity contribution is 6.62. The van der Waals surface area contributed by atoms with Gasteiger partial charge in [-0.1, -0.05) is 12.1 Å². The molecule has 3 atom stereocenters. The second-order valence-corrected chi connectivity index (χ2v) is 10.1. The lowest BCUT2D eigenvalue weighted by Crippen LogP contribution is -2.41. The minimum absolute atomic E-state index is 0.0428. The van der Waals surface area contributed by atoms with Crippen LogP contribution in [0, 0.1) is 11.7 Å². The molecule has 2 aromatic rings. The number of aliphatic carboxylic acids is 1. The summed E-state index contributed by atoms with van der Waals surface area (Å²) in [5.74, 6) is -0.609. The zero-order valence-corrected chi connectivity index (χ0v) is 18.8. The Morgan fingerprint density at radius 1 is 1.19 bits per heavy atom. The number of anilines is 1. The number of benzene rings is 1. The summed E-state index contributed by atoms with van der Waals surface area (Å²) in [6.07, 6.45) is 3.86. The molecular weight excluding hydrogens is 410 g/mol. The molecule has 2 aliphatic carbocycles. The van der Waals surface area contributed by atoms with Crippen LogP contribution in [0.2, 0.25) is 0 Å². The minimum atomic E-state index is -0.756. The molecule has 6 nitrogen and oxygen atoms in total. The Labute approximate surface area is 187 Å². The first kappa shape index (κ1) is 21.4. The summed E-state index contributed by atoms with van der Waals surface area (Å²) in [6.45, 7) is 8.04. The average molecular weight is 438 g/mol. The Hall–Kier alpha value is -2.45. The summed E-state index contributed by atoms with van der Waals surface area (Å²) in [5.41, 5.74) is 2.51. The summed E-state index contributed by atoms with van der Waals surface area (Å²) >= 11 is 0. The molecule has 8 heteroatoms. The number of carboxylic acids is 1. The molecule has 1 aromatic carbocycles. The van der Waals surface area contributed by atoms with Crippen molar-refractivity contribution in [1.29, 1.82) is 0 Å². The lowest BCUT2D eigenvalue weighted by molar-refractivity contribution is -0.138. The van der Waals surface area contributed by atoms with E-state index in [0.29, 0.717) is 17.8 Å². The predicted molar refractivity (Wildman–Crippen MR) is 120 cm³/mol. The van der Waals surface area contributed by atoms with Crippen molar-refractivity contribution in [2.24, 2.45) is 5.92 Å². The van der Waals surface area contributed by atoms with E-state index in [1.165, 1.54) is 6.07 Å². The van der Waals surface area contributed by atoms with E-state index in [1.807, 2.05) is 39.8 Å². The number of hydrogen-bond acceptors (Lipinski definition) is 5. The first-order valence-corrected chi connectivity index (χ1v) is 11.2. The lowest BCUT2D eigenvalue weighted by atomic mass is 9.75. The molecule has 3 aliphatic rings. The normalized spacial score (nSPS) is 27.3. The second kappa shape index (κ2) is 7.28. The van der Waals surface area contributed by atoms with Gasteiger partial charge >= 0.3 is 13.1 Å². The van der Waals surface area contributed by atoms with Crippen molar-refractivity contribution < 1.29 is 23.6 Å². The van der Waals surface area contributed by atoms with Gasteiger partial charge in [-0.05, 0) is 81.6 Å². The van der Waals surface area contributed by atoms with Crippen LogP contribution in [0.4, 0.5) is 10.2 Å². The van der Waals surface area contributed by atoms with Crippen LogP contribution in [0.25, 0.3) is 0 Å². The molecule has 1 saturated heterocycles. The molecule has 2 N–H and O–H groups in total. The lowest BCUT2D eigenvalue weighted by Gasteiger charge is -2.32. The van der Waals surface area contributed by atoms with Gasteiger partial charge in [0.15, 0.2) is 0 Å². The van der Waals surface area contributed by atoms with E-state index in [-0.39, 0.29) is 23.7 Å². The molecule has 0 amide bonds. The minimum Gasteiger partial charge on any atom is -0.481 e. The first-order chi connectivity index (χ1) is 15.1. The zero-order valence-electron chi connectivity index (χ0n) is 18.8. The number of carboxylic acid groups (broad SMARTS) is 1. The fourth-order valence-corrected chi connectivity index (χ4v) is 4.80. The predicted octanol–water partition coefficient (Wildman–Crippen LogP) is 3.81. The Morgan fingerprint density at radius 2 is 1.91 bits per heavy atom. The van der Waals surface area contributed by atoms with Crippen LogP contribution in [-0.4, -0.2) is 34.4 Å². The summed E-state index contributed by atoms with van der Waals surface area (Å²) < 4.78 is 27.3. The standard InChI is InChI=1S/C24H28BFN2O4/c1-23(2)24(3,4)32-25(31-23)17-7-8-18(26)21-14(17)6-9-19(21)28-20-10-5-13(12-27-20)15-11-16(15)22(29)30/h5,7-8,10,12,15-16,19H,6,9,11H2,1-4H3,(H,27,28)(H,29,30)/t15-,16+,19-/m1/s1. The van der Waals surface area contributed by atoms with Gasteiger partial charge in [-0.3, -0.25) is 4.79 Å². The third kappa shape index (κ3) is 3.50. The molecule has 32 heavy (non-hydrogen) atoms. The monoisotopic (exact) mass is 438 g/mol. The largest absolute Gasteiger partial charge is 0.495 e.